The fourth-order valence-electron chi connectivity index (χ4n) is 1.56. The van der Waals surface area contributed by atoms with Gasteiger partial charge in [0.25, 0.3) is 5.91 Å². The number of carbonyl (C=O) groups excluding carboxylic acids is 1. The van der Waals surface area contributed by atoms with Crippen LogP contribution in [-0.4, -0.2) is 23.1 Å². The van der Waals surface area contributed by atoms with Gasteiger partial charge in [-0.2, -0.15) is 0 Å². The predicted molar refractivity (Wildman–Crippen MR) is 66.2 cm³/mol. The van der Waals surface area contributed by atoms with Crippen molar-refractivity contribution in [3.8, 4) is 0 Å². The molecule has 2 heterocycles. The number of aryl methyl sites for hydroxylation is 1. The van der Waals surface area contributed by atoms with E-state index in [9.17, 15) is 4.79 Å². The van der Waals surface area contributed by atoms with Gasteiger partial charge in [0.05, 0.1) is 12.1 Å². The second-order valence-electron chi connectivity index (χ2n) is 3.76. The molecular formula is C12H14N4O2. The van der Waals surface area contributed by atoms with Crippen LogP contribution >= 0.6 is 0 Å². The number of hydrogen-bond donors (Lipinski definition) is 2. The summed E-state index contributed by atoms with van der Waals surface area (Å²) >= 11 is 0. The van der Waals surface area contributed by atoms with Gasteiger partial charge in [0.1, 0.15) is 17.3 Å². The van der Waals surface area contributed by atoms with Crippen LogP contribution in [0.1, 0.15) is 21.8 Å². The third-order valence-electron chi connectivity index (χ3n) is 2.40. The molecule has 2 aromatic heterocycles. The van der Waals surface area contributed by atoms with E-state index >= 15 is 0 Å². The molecule has 0 aliphatic rings. The molecule has 94 valence electrons. The van der Waals surface area contributed by atoms with E-state index < -0.39 is 0 Å². The second kappa shape index (κ2) is 5.31. The molecule has 0 saturated carbocycles. The summed E-state index contributed by atoms with van der Waals surface area (Å²) in [6, 6.07) is 5.21. The van der Waals surface area contributed by atoms with Crippen LogP contribution in [0, 0.1) is 6.92 Å². The molecule has 0 aliphatic heterocycles. The molecule has 0 aliphatic carbocycles. The van der Waals surface area contributed by atoms with Crippen molar-refractivity contribution in [1.82, 2.24) is 15.5 Å². The van der Waals surface area contributed by atoms with E-state index in [4.69, 9.17) is 4.52 Å². The van der Waals surface area contributed by atoms with Gasteiger partial charge in [0.2, 0.25) is 0 Å². The molecule has 2 aromatic rings. The molecule has 0 unspecified atom stereocenters. The zero-order chi connectivity index (χ0) is 13.0. The fraction of sp³-hybridized carbons (Fsp3) is 0.250. The van der Waals surface area contributed by atoms with Crippen molar-refractivity contribution in [3.05, 3.63) is 41.4 Å². The molecular weight excluding hydrogens is 232 g/mol. The molecule has 0 atom stereocenters. The molecule has 6 heteroatoms. The lowest BCUT2D eigenvalue weighted by molar-refractivity contribution is 0.0950. The zero-order valence-corrected chi connectivity index (χ0v) is 10.2. The first-order valence-corrected chi connectivity index (χ1v) is 5.54. The minimum absolute atomic E-state index is 0.201. The van der Waals surface area contributed by atoms with Gasteiger partial charge in [-0.25, -0.2) is 4.98 Å². The Bertz CT molecular complexity index is 551. The van der Waals surface area contributed by atoms with Gasteiger partial charge in [-0.15, -0.1) is 0 Å². The molecule has 0 bridgehead atoms. The maximum absolute atomic E-state index is 12.0. The first kappa shape index (κ1) is 12.1. The van der Waals surface area contributed by atoms with E-state index in [1.54, 1.807) is 38.4 Å². The minimum atomic E-state index is -0.201. The lowest BCUT2D eigenvalue weighted by atomic mass is 10.2. The van der Waals surface area contributed by atoms with Gasteiger partial charge in [0, 0.05) is 19.3 Å². The number of nitrogens with one attached hydrogen (secondary N) is 2. The third kappa shape index (κ3) is 2.65. The van der Waals surface area contributed by atoms with Crippen LogP contribution in [0.15, 0.2) is 28.9 Å². The largest absolute Gasteiger partial charge is 0.372 e. The number of anilines is 1. The number of nitrogens with zero attached hydrogens (tertiary/aromatic N) is 2. The van der Waals surface area contributed by atoms with Gasteiger partial charge in [0.15, 0.2) is 0 Å². The quantitative estimate of drug-likeness (QED) is 0.851. The van der Waals surface area contributed by atoms with Gasteiger partial charge in [-0.3, -0.25) is 4.79 Å². The third-order valence-corrected chi connectivity index (χ3v) is 2.40. The number of rotatable bonds is 4. The minimum Gasteiger partial charge on any atom is -0.372 e. The number of pyridine rings is 1. The summed E-state index contributed by atoms with van der Waals surface area (Å²) in [7, 11) is 1.72. The summed E-state index contributed by atoms with van der Waals surface area (Å²) in [5.41, 5.74) is 1.19. The smallest absolute Gasteiger partial charge is 0.255 e. The summed E-state index contributed by atoms with van der Waals surface area (Å²) in [6.07, 6.45) is 1.63. The first-order valence-electron chi connectivity index (χ1n) is 5.54. The standard InChI is InChI=1S/C12H14N4O2/c1-8-6-9(16-18-8)7-15-12(17)10-4-3-5-14-11(10)13-2/h3-6H,7H2,1-2H3,(H,13,14)(H,15,17). The molecule has 0 aromatic carbocycles. The molecule has 0 fully saturated rings. The summed E-state index contributed by atoms with van der Waals surface area (Å²) in [5.74, 6) is 1.07. The lowest BCUT2D eigenvalue weighted by Gasteiger charge is -2.07. The highest BCUT2D eigenvalue weighted by molar-refractivity contribution is 5.98. The predicted octanol–water partition coefficient (Wildman–Crippen LogP) is 1.35. The van der Waals surface area contributed by atoms with Crippen molar-refractivity contribution in [2.24, 2.45) is 0 Å². The SMILES string of the molecule is CNc1ncccc1C(=O)NCc1cc(C)on1. The maximum atomic E-state index is 12.0. The topological polar surface area (TPSA) is 80.0 Å². The van der Waals surface area contributed by atoms with E-state index in [2.05, 4.69) is 20.8 Å². The van der Waals surface area contributed by atoms with Crippen LogP contribution in [0.2, 0.25) is 0 Å². The highest BCUT2D eigenvalue weighted by Crippen LogP contribution is 2.10. The molecule has 2 N–H and O–H groups in total. The number of carbonyl (C=O) groups is 1. The molecule has 1 amide bonds. The van der Waals surface area contributed by atoms with Crippen LogP contribution in [0.3, 0.4) is 0 Å². The Morgan fingerprint density at radius 3 is 3.00 bits per heavy atom. The van der Waals surface area contributed by atoms with Crippen LogP contribution < -0.4 is 10.6 Å². The van der Waals surface area contributed by atoms with Crippen molar-refractivity contribution < 1.29 is 9.32 Å². The van der Waals surface area contributed by atoms with Gasteiger partial charge < -0.3 is 15.2 Å². The van der Waals surface area contributed by atoms with Crippen molar-refractivity contribution >= 4 is 11.7 Å². The van der Waals surface area contributed by atoms with Gasteiger partial charge in [-0.05, 0) is 19.1 Å². The Kier molecular flexibility index (Phi) is 3.57. The van der Waals surface area contributed by atoms with E-state index in [0.717, 1.165) is 5.76 Å². The van der Waals surface area contributed by atoms with Crippen molar-refractivity contribution in [2.75, 3.05) is 12.4 Å². The molecule has 0 spiro atoms. The summed E-state index contributed by atoms with van der Waals surface area (Å²) in [4.78, 5) is 16.0. The Morgan fingerprint density at radius 1 is 1.50 bits per heavy atom. The van der Waals surface area contributed by atoms with Crippen molar-refractivity contribution in [3.63, 3.8) is 0 Å². The lowest BCUT2D eigenvalue weighted by Crippen LogP contribution is -2.24. The van der Waals surface area contributed by atoms with E-state index in [1.807, 2.05) is 0 Å². The zero-order valence-electron chi connectivity index (χ0n) is 10.2. The number of amides is 1. The van der Waals surface area contributed by atoms with Crippen LogP contribution in [0.5, 0.6) is 0 Å². The van der Waals surface area contributed by atoms with Gasteiger partial charge >= 0.3 is 0 Å². The summed E-state index contributed by atoms with van der Waals surface area (Å²) in [5, 5.41) is 9.44. The van der Waals surface area contributed by atoms with E-state index in [-0.39, 0.29) is 5.91 Å². The Balaban J connectivity index is 2.03. The molecule has 0 radical (unpaired) electrons. The molecule has 18 heavy (non-hydrogen) atoms. The van der Waals surface area contributed by atoms with Crippen LogP contribution in [-0.2, 0) is 6.54 Å². The van der Waals surface area contributed by atoms with Gasteiger partial charge in [-0.1, -0.05) is 5.16 Å². The van der Waals surface area contributed by atoms with Crippen molar-refractivity contribution in [1.29, 1.82) is 0 Å². The van der Waals surface area contributed by atoms with E-state index in [1.165, 1.54) is 0 Å². The molecule has 6 nitrogen and oxygen atoms in total. The highest BCUT2D eigenvalue weighted by atomic mass is 16.5. The van der Waals surface area contributed by atoms with E-state index in [0.29, 0.717) is 23.6 Å². The Hall–Kier alpha value is -2.37. The molecule has 2 rings (SSSR count). The van der Waals surface area contributed by atoms with Crippen LogP contribution in [0.4, 0.5) is 5.82 Å². The highest BCUT2D eigenvalue weighted by Gasteiger charge is 2.11. The first-order chi connectivity index (χ1) is 8.70. The fourth-order valence-corrected chi connectivity index (χ4v) is 1.56. The second-order valence-corrected chi connectivity index (χ2v) is 3.76. The average Bonchev–Trinajstić information content (AvgIpc) is 2.81. The summed E-state index contributed by atoms with van der Waals surface area (Å²) in [6.45, 7) is 2.13. The Labute approximate surface area is 104 Å². The molecule has 0 saturated heterocycles. The number of aromatic nitrogens is 2. The number of hydrogen-bond acceptors (Lipinski definition) is 5. The average molecular weight is 246 g/mol. The Morgan fingerprint density at radius 2 is 2.33 bits per heavy atom. The maximum Gasteiger partial charge on any atom is 0.255 e. The van der Waals surface area contributed by atoms with Crippen molar-refractivity contribution in [2.45, 2.75) is 13.5 Å². The normalized spacial score (nSPS) is 10.1. The van der Waals surface area contributed by atoms with Crippen LogP contribution in [0.25, 0.3) is 0 Å². The monoisotopic (exact) mass is 246 g/mol. The summed E-state index contributed by atoms with van der Waals surface area (Å²) < 4.78 is 4.92.